The number of pyridine rings is 1. The minimum atomic E-state index is 0.186. The van der Waals surface area contributed by atoms with Crippen LogP contribution in [-0.4, -0.2) is 15.0 Å². The van der Waals surface area contributed by atoms with Gasteiger partial charge >= 0.3 is 0 Å². The predicted molar refractivity (Wildman–Crippen MR) is 55.8 cm³/mol. The van der Waals surface area contributed by atoms with E-state index in [1.807, 2.05) is 0 Å². The molecule has 6 heteroatoms. The molecule has 0 aliphatic heterocycles. The highest BCUT2D eigenvalue weighted by atomic mass is 35.5. The summed E-state index contributed by atoms with van der Waals surface area (Å²) < 4.78 is 5.36. The van der Waals surface area contributed by atoms with Gasteiger partial charge < -0.3 is 10.5 Å². The zero-order valence-electron chi connectivity index (χ0n) is 7.59. The van der Waals surface area contributed by atoms with Crippen molar-refractivity contribution < 1.29 is 4.74 Å². The molecule has 0 radical (unpaired) electrons. The largest absolute Gasteiger partial charge is 0.436 e. The first kappa shape index (κ1) is 9.67. The van der Waals surface area contributed by atoms with Crippen molar-refractivity contribution in [3.8, 4) is 11.6 Å². The second-order valence-electron chi connectivity index (χ2n) is 2.67. The van der Waals surface area contributed by atoms with Crippen molar-refractivity contribution in [1.82, 2.24) is 15.0 Å². The maximum absolute atomic E-state index is 5.85. The van der Waals surface area contributed by atoms with Crippen LogP contribution >= 0.6 is 11.6 Å². The molecule has 0 saturated heterocycles. The lowest BCUT2D eigenvalue weighted by Gasteiger charge is -2.05. The summed E-state index contributed by atoms with van der Waals surface area (Å²) >= 11 is 5.85. The first-order valence-corrected chi connectivity index (χ1v) is 4.49. The smallest absolute Gasteiger partial charge is 0.243 e. The lowest BCUT2D eigenvalue weighted by Crippen LogP contribution is -1.96. The predicted octanol–water partition coefficient (Wildman–Crippen LogP) is 1.90. The van der Waals surface area contributed by atoms with Crippen LogP contribution in [0.15, 0.2) is 30.9 Å². The molecule has 2 N–H and O–H groups in total. The fourth-order valence-electron chi connectivity index (χ4n) is 0.957. The first-order valence-electron chi connectivity index (χ1n) is 4.11. The van der Waals surface area contributed by atoms with Gasteiger partial charge in [0.25, 0.3) is 0 Å². The molecule has 0 unspecified atom stereocenters. The third-order valence-electron chi connectivity index (χ3n) is 1.63. The van der Waals surface area contributed by atoms with E-state index in [9.17, 15) is 0 Å². The van der Waals surface area contributed by atoms with E-state index in [4.69, 9.17) is 22.1 Å². The molecule has 2 aromatic rings. The Kier molecular flexibility index (Phi) is 2.64. The van der Waals surface area contributed by atoms with E-state index in [-0.39, 0.29) is 16.7 Å². The van der Waals surface area contributed by atoms with Gasteiger partial charge in [-0.1, -0.05) is 11.6 Å². The quantitative estimate of drug-likeness (QED) is 0.840. The summed E-state index contributed by atoms with van der Waals surface area (Å²) in [7, 11) is 0. The highest BCUT2D eigenvalue weighted by Crippen LogP contribution is 2.29. The number of nitrogens with zero attached hydrogens (tertiary/aromatic N) is 3. The first-order chi connectivity index (χ1) is 7.27. The van der Waals surface area contributed by atoms with Crippen molar-refractivity contribution in [2.45, 2.75) is 0 Å². The Balaban J connectivity index is 2.29. The SMILES string of the molecule is Nc1ncnc(Oc2cccnc2)c1Cl. The van der Waals surface area contributed by atoms with Gasteiger partial charge in [-0.3, -0.25) is 4.98 Å². The molecule has 0 atom stereocenters. The maximum Gasteiger partial charge on any atom is 0.243 e. The molecule has 15 heavy (non-hydrogen) atoms. The summed E-state index contributed by atoms with van der Waals surface area (Å²) in [6.45, 7) is 0. The van der Waals surface area contributed by atoms with E-state index in [1.54, 1.807) is 24.5 Å². The molecule has 0 aliphatic rings. The number of nitrogen functional groups attached to an aromatic ring is 1. The number of aromatic nitrogens is 3. The summed E-state index contributed by atoms with van der Waals surface area (Å²) in [6, 6.07) is 3.48. The summed E-state index contributed by atoms with van der Waals surface area (Å²) in [6.07, 6.45) is 4.48. The molecule has 5 nitrogen and oxygen atoms in total. The molecule has 0 amide bonds. The molecule has 2 rings (SSSR count). The fraction of sp³-hybridized carbons (Fsp3) is 0. The van der Waals surface area contributed by atoms with Crippen LogP contribution in [0.1, 0.15) is 0 Å². The second-order valence-corrected chi connectivity index (χ2v) is 3.05. The normalized spacial score (nSPS) is 9.93. The second kappa shape index (κ2) is 4.10. The van der Waals surface area contributed by atoms with Crippen LogP contribution in [0.4, 0.5) is 5.82 Å². The Hall–Kier alpha value is -1.88. The number of nitrogens with two attached hydrogens (primary N) is 1. The van der Waals surface area contributed by atoms with Gasteiger partial charge in [0.2, 0.25) is 5.88 Å². The fourth-order valence-corrected chi connectivity index (χ4v) is 1.09. The third-order valence-corrected chi connectivity index (χ3v) is 1.99. The highest BCUT2D eigenvalue weighted by Gasteiger charge is 2.08. The summed E-state index contributed by atoms with van der Waals surface area (Å²) in [5, 5.41) is 0.196. The lowest BCUT2D eigenvalue weighted by atomic mass is 10.4. The van der Waals surface area contributed by atoms with Gasteiger partial charge in [-0.25, -0.2) is 4.98 Å². The minimum Gasteiger partial charge on any atom is -0.436 e. The van der Waals surface area contributed by atoms with Gasteiger partial charge in [-0.15, -0.1) is 0 Å². The van der Waals surface area contributed by atoms with Gasteiger partial charge in [0.1, 0.15) is 22.9 Å². The average molecular weight is 223 g/mol. The maximum atomic E-state index is 5.85. The molecule has 0 fully saturated rings. The topological polar surface area (TPSA) is 73.9 Å². The van der Waals surface area contributed by atoms with Crippen molar-refractivity contribution >= 4 is 17.4 Å². The van der Waals surface area contributed by atoms with E-state index in [2.05, 4.69) is 15.0 Å². The molecular formula is C9H7ClN4O. The number of hydrogen-bond donors (Lipinski definition) is 1. The van der Waals surface area contributed by atoms with Gasteiger partial charge in [0.15, 0.2) is 0 Å². The molecule has 2 aromatic heterocycles. The third kappa shape index (κ3) is 2.13. The lowest BCUT2D eigenvalue weighted by molar-refractivity contribution is 0.460. The Labute approximate surface area is 90.9 Å². The minimum absolute atomic E-state index is 0.186. The van der Waals surface area contributed by atoms with Crippen LogP contribution in [0.5, 0.6) is 11.6 Å². The van der Waals surface area contributed by atoms with Crippen molar-refractivity contribution in [2.24, 2.45) is 0 Å². The van der Waals surface area contributed by atoms with Crippen LogP contribution < -0.4 is 10.5 Å². The zero-order valence-corrected chi connectivity index (χ0v) is 8.35. The van der Waals surface area contributed by atoms with Crippen LogP contribution in [0.3, 0.4) is 0 Å². The molecule has 0 aromatic carbocycles. The van der Waals surface area contributed by atoms with Crippen LogP contribution in [0.25, 0.3) is 0 Å². The number of rotatable bonds is 2. The summed E-state index contributed by atoms with van der Waals surface area (Å²) in [5.41, 5.74) is 5.50. The molecule has 76 valence electrons. The van der Waals surface area contributed by atoms with Crippen LogP contribution in [0, 0.1) is 0 Å². The molecule has 2 heterocycles. The van der Waals surface area contributed by atoms with E-state index in [0.717, 1.165) is 0 Å². The van der Waals surface area contributed by atoms with Crippen LogP contribution in [-0.2, 0) is 0 Å². The number of ether oxygens (including phenoxy) is 1. The van der Waals surface area contributed by atoms with Gasteiger partial charge in [0, 0.05) is 6.20 Å². The van der Waals surface area contributed by atoms with Crippen molar-refractivity contribution in [3.05, 3.63) is 35.9 Å². The number of anilines is 1. The number of hydrogen-bond acceptors (Lipinski definition) is 5. The van der Waals surface area contributed by atoms with E-state index < -0.39 is 0 Å². The van der Waals surface area contributed by atoms with Gasteiger partial charge in [0.05, 0.1) is 6.20 Å². The molecule has 0 bridgehead atoms. The van der Waals surface area contributed by atoms with Gasteiger partial charge in [-0.2, -0.15) is 4.98 Å². The van der Waals surface area contributed by atoms with Crippen molar-refractivity contribution in [3.63, 3.8) is 0 Å². The summed E-state index contributed by atoms with van der Waals surface area (Å²) in [4.78, 5) is 11.5. The van der Waals surface area contributed by atoms with Crippen molar-refractivity contribution in [2.75, 3.05) is 5.73 Å². The molecule has 0 spiro atoms. The molecular weight excluding hydrogens is 216 g/mol. The average Bonchev–Trinajstić information content (AvgIpc) is 2.26. The summed E-state index contributed by atoms with van der Waals surface area (Å²) in [5.74, 6) is 0.945. The molecule has 0 aliphatic carbocycles. The Bertz CT molecular complexity index is 463. The monoisotopic (exact) mass is 222 g/mol. The Morgan fingerprint density at radius 1 is 1.33 bits per heavy atom. The highest BCUT2D eigenvalue weighted by molar-refractivity contribution is 6.34. The number of halogens is 1. The Morgan fingerprint density at radius 2 is 2.20 bits per heavy atom. The van der Waals surface area contributed by atoms with Crippen molar-refractivity contribution in [1.29, 1.82) is 0 Å². The Morgan fingerprint density at radius 3 is 2.93 bits per heavy atom. The standard InChI is InChI=1S/C9H7ClN4O/c10-7-8(11)13-5-14-9(7)15-6-2-1-3-12-4-6/h1-5H,(H2,11,13,14). The molecule has 0 saturated carbocycles. The van der Waals surface area contributed by atoms with Gasteiger partial charge in [-0.05, 0) is 12.1 Å². The van der Waals surface area contributed by atoms with Crippen LogP contribution in [0.2, 0.25) is 5.02 Å². The zero-order chi connectivity index (χ0) is 10.7. The van der Waals surface area contributed by atoms with E-state index >= 15 is 0 Å². The van der Waals surface area contributed by atoms with E-state index in [1.165, 1.54) is 6.33 Å². The van der Waals surface area contributed by atoms with E-state index in [0.29, 0.717) is 5.75 Å².